The van der Waals surface area contributed by atoms with Crippen LogP contribution in [0.4, 0.5) is 4.39 Å². The van der Waals surface area contributed by atoms with E-state index in [2.05, 4.69) is 15.9 Å². The number of benzene rings is 1. The molecule has 0 spiro atoms. The lowest BCUT2D eigenvalue weighted by atomic mass is 10.1. The summed E-state index contributed by atoms with van der Waals surface area (Å²) in [6, 6.07) is 4.12. The summed E-state index contributed by atoms with van der Waals surface area (Å²) in [5.74, 6) is -1.58. The van der Waals surface area contributed by atoms with Crippen molar-refractivity contribution in [2.24, 2.45) is 0 Å². The molecule has 0 fully saturated rings. The molecule has 1 aromatic rings. The number of ketones is 1. The first kappa shape index (κ1) is 14.6. The number of Topliss-reactive ketones (excluding diaryl/α,β-unsaturated/α-hetero) is 1. The van der Waals surface area contributed by atoms with Crippen LogP contribution in [0.1, 0.15) is 19.4 Å². The van der Waals surface area contributed by atoms with E-state index in [1.165, 1.54) is 25.1 Å². The molecule has 0 unspecified atom stereocenters. The van der Waals surface area contributed by atoms with E-state index in [4.69, 9.17) is 4.74 Å². The lowest BCUT2D eigenvalue weighted by molar-refractivity contribution is -0.139. The van der Waals surface area contributed by atoms with Crippen LogP contribution in [0.15, 0.2) is 28.2 Å². The van der Waals surface area contributed by atoms with Crippen LogP contribution in [-0.4, -0.2) is 18.4 Å². The highest BCUT2D eigenvalue weighted by Crippen LogP contribution is 2.18. The molecular weight excluding hydrogens is 303 g/mol. The summed E-state index contributed by atoms with van der Waals surface area (Å²) in [6.45, 7) is 3.09. The zero-order valence-corrected chi connectivity index (χ0v) is 11.6. The third-order valence-electron chi connectivity index (χ3n) is 2.07. The predicted octanol–water partition coefficient (Wildman–Crippen LogP) is 3.12. The molecule has 96 valence electrons. The lowest BCUT2D eigenvalue weighted by Crippen LogP contribution is -2.13. The van der Waals surface area contributed by atoms with E-state index in [9.17, 15) is 14.0 Å². The normalized spacial score (nSPS) is 11.2. The first-order valence-corrected chi connectivity index (χ1v) is 6.09. The minimum Gasteiger partial charge on any atom is -0.462 e. The van der Waals surface area contributed by atoms with Gasteiger partial charge in [-0.2, -0.15) is 0 Å². The molecule has 0 radical (unpaired) electrons. The van der Waals surface area contributed by atoms with Gasteiger partial charge in [0.05, 0.1) is 6.61 Å². The molecule has 0 aliphatic carbocycles. The van der Waals surface area contributed by atoms with Gasteiger partial charge in [-0.25, -0.2) is 9.18 Å². The van der Waals surface area contributed by atoms with Crippen LogP contribution in [-0.2, 0) is 14.3 Å². The second kappa shape index (κ2) is 6.44. The largest absolute Gasteiger partial charge is 0.462 e. The Morgan fingerprint density at radius 1 is 1.39 bits per heavy atom. The molecule has 0 atom stereocenters. The number of carbonyl (C=O) groups excluding carboxylic acids is 2. The van der Waals surface area contributed by atoms with E-state index in [-0.39, 0.29) is 12.2 Å². The fourth-order valence-electron chi connectivity index (χ4n) is 1.34. The molecule has 0 aliphatic rings. The van der Waals surface area contributed by atoms with Crippen molar-refractivity contribution in [2.45, 2.75) is 13.8 Å². The number of hydrogen-bond donors (Lipinski definition) is 0. The smallest absolute Gasteiger partial charge is 0.341 e. The summed E-state index contributed by atoms with van der Waals surface area (Å²) in [6.07, 6.45) is 1.31. The first-order chi connectivity index (χ1) is 8.43. The third-order valence-corrected chi connectivity index (χ3v) is 2.53. The van der Waals surface area contributed by atoms with E-state index >= 15 is 0 Å². The van der Waals surface area contributed by atoms with E-state index in [0.29, 0.717) is 10.0 Å². The lowest BCUT2D eigenvalue weighted by Gasteiger charge is -2.04. The number of esters is 1. The van der Waals surface area contributed by atoms with Crippen LogP contribution in [0.25, 0.3) is 6.08 Å². The van der Waals surface area contributed by atoms with Gasteiger partial charge in [0.25, 0.3) is 0 Å². The highest BCUT2D eigenvalue weighted by Gasteiger charge is 2.15. The van der Waals surface area contributed by atoms with Crippen molar-refractivity contribution in [3.8, 4) is 0 Å². The summed E-state index contributed by atoms with van der Waals surface area (Å²) < 4.78 is 18.5. The predicted molar refractivity (Wildman–Crippen MR) is 69.4 cm³/mol. The molecule has 0 saturated heterocycles. The Hall–Kier alpha value is -1.49. The van der Waals surface area contributed by atoms with Crippen molar-refractivity contribution in [3.63, 3.8) is 0 Å². The molecule has 1 rings (SSSR count). The molecule has 18 heavy (non-hydrogen) atoms. The second-order valence-electron chi connectivity index (χ2n) is 3.54. The van der Waals surface area contributed by atoms with E-state index in [1.807, 2.05) is 0 Å². The maximum atomic E-state index is 13.2. The van der Waals surface area contributed by atoms with Crippen molar-refractivity contribution >= 4 is 33.8 Å². The fourth-order valence-corrected chi connectivity index (χ4v) is 1.82. The van der Waals surface area contributed by atoms with E-state index in [0.717, 1.165) is 0 Å². The highest BCUT2D eigenvalue weighted by atomic mass is 79.9. The Labute approximate surface area is 113 Å². The summed E-state index contributed by atoms with van der Waals surface area (Å²) in [5.41, 5.74) is 0.314. The number of carbonyl (C=O) groups is 2. The maximum absolute atomic E-state index is 13.2. The molecule has 5 heteroatoms. The summed E-state index contributed by atoms with van der Waals surface area (Å²) in [7, 11) is 0. The van der Waals surface area contributed by atoms with Crippen molar-refractivity contribution in [3.05, 3.63) is 39.6 Å². The molecule has 0 aromatic heterocycles. The van der Waals surface area contributed by atoms with E-state index < -0.39 is 17.6 Å². The third kappa shape index (κ3) is 4.07. The Bertz CT molecular complexity index is 489. The van der Waals surface area contributed by atoms with Gasteiger partial charge in [0, 0.05) is 4.47 Å². The van der Waals surface area contributed by atoms with Gasteiger partial charge in [-0.15, -0.1) is 0 Å². The number of hydrogen-bond acceptors (Lipinski definition) is 3. The van der Waals surface area contributed by atoms with Crippen LogP contribution in [0.2, 0.25) is 0 Å². The minimum atomic E-state index is -0.703. The average molecular weight is 315 g/mol. The van der Waals surface area contributed by atoms with Gasteiger partial charge >= 0.3 is 5.97 Å². The monoisotopic (exact) mass is 314 g/mol. The molecule has 3 nitrogen and oxygen atoms in total. The SMILES string of the molecule is CCOC(=O)C(=Cc1cc(F)cc(Br)c1)C(C)=O. The molecular formula is C13H12BrFO3. The Kier molecular flexibility index (Phi) is 5.22. The minimum absolute atomic E-state index is 0.102. The molecule has 1 aromatic carbocycles. The zero-order chi connectivity index (χ0) is 13.7. The van der Waals surface area contributed by atoms with Crippen molar-refractivity contribution in [1.29, 1.82) is 0 Å². The van der Waals surface area contributed by atoms with Gasteiger partial charge in [-0.3, -0.25) is 4.79 Å². The highest BCUT2D eigenvalue weighted by molar-refractivity contribution is 9.10. The summed E-state index contributed by atoms with van der Waals surface area (Å²) >= 11 is 3.14. The van der Waals surface area contributed by atoms with Gasteiger partial charge in [0.1, 0.15) is 11.4 Å². The molecule has 0 N–H and O–H groups in total. The van der Waals surface area contributed by atoms with Gasteiger partial charge in [0.15, 0.2) is 5.78 Å². The summed E-state index contributed by atoms with van der Waals surface area (Å²) in [4.78, 5) is 22.9. The van der Waals surface area contributed by atoms with E-state index in [1.54, 1.807) is 13.0 Å². The van der Waals surface area contributed by atoms with Gasteiger partial charge in [-0.05, 0) is 43.7 Å². The van der Waals surface area contributed by atoms with Gasteiger partial charge in [0.2, 0.25) is 0 Å². The molecule has 0 aliphatic heterocycles. The van der Waals surface area contributed by atoms with Crippen LogP contribution in [0.3, 0.4) is 0 Å². The zero-order valence-electron chi connectivity index (χ0n) is 10.00. The van der Waals surface area contributed by atoms with Crippen molar-refractivity contribution < 1.29 is 18.7 Å². The van der Waals surface area contributed by atoms with Crippen molar-refractivity contribution in [2.75, 3.05) is 6.61 Å². The van der Waals surface area contributed by atoms with Gasteiger partial charge in [-0.1, -0.05) is 15.9 Å². The standard InChI is InChI=1S/C13H12BrFO3/c1-3-18-13(17)12(8(2)16)6-9-4-10(14)7-11(15)5-9/h4-7H,3H2,1-2H3. The fraction of sp³-hybridized carbons (Fsp3) is 0.231. The van der Waals surface area contributed by atoms with Crippen LogP contribution >= 0.6 is 15.9 Å². The second-order valence-corrected chi connectivity index (χ2v) is 4.45. The first-order valence-electron chi connectivity index (χ1n) is 5.30. The number of ether oxygens (including phenoxy) is 1. The Morgan fingerprint density at radius 2 is 2.06 bits per heavy atom. The van der Waals surface area contributed by atoms with Crippen LogP contribution in [0, 0.1) is 5.82 Å². The van der Waals surface area contributed by atoms with Crippen LogP contribution < -0.4 is 0 Å². The molecule has 0 amide bonds. The average Bonchev–Trinajstić information content (AvgIpc) is 2.24. The van der Waals surface area contributed by atoms with Crippen molar-refractivity contribution in [1.82, 2.24) is 0 Å². The Morgan fingerprint density at radius 3 is 2.56 bits per heavy atom. The topological polar surface area (TPSA) is 43.4 Å². The number of halogens is 2. The molecule has 0 bridgehead atoms. The Balaban J connectivity index is 3.16. The quantitative estimate of drug-likeness (QED) is 0.371. The molecule has 0 heterocycles. The van der Waals surface area contributed by atoms with Gasteiger partial charge < -0.3 is 4.74 Å². The maximum Gasteiger partial charge on any atom is 0.341 e. The van der Waals surface area contributed by atoms with Crippen LogP contribution in [0.5, 0.6) is 0 Å². The summed E-state index contributed by atoms with van der Waals surface area (Å²) in [5, 5.41) is 0. The number of rotatable bonds is 4. The molecule has 0 saturated carbocycles.